The van der Waals surface area contributed by atoms with Gasteiger partial charge in [-0.2, -0.15) is 0 Å². The first kappa shape index (κ1) is 18.2. The minimum Gasteiger partial charge on any atom is -0.361 e. The molecule has 0 aliphatic rings. The third-order valence-corrected chi connectivity index (χ3v) is 2.50. The lowest BCUT2D eigenvalue weighted by atomic mass is 10.2. The van der Waals surface area contributed by atoms with Crippen LogP contribution in [0.25, 0.3) is 0 Å². The molecule has 1 aromatic heterocycles. The summed E-state index contributed by atoms with van der Waals surface area (Å²) in [5.41, 5.74) is 1.88. The Hall–Kier alpha value is -0.760. The maximum absolute atomic E-state index is 5.71. The van der Waals surface area contributed by atoms with E-state index in [1.807, 2.05) is 20.8 Å². The highest BCUT2D eigenvalue weighted by Gasteiger charge is 2.08. The number of aliphatic imine (C=N–C) groups is 1. The van der Waals surface area contributed by atoms with Crippen molar-refractivity contribution in [2.45, 2.75) is 27.3 Å². The molecule has 0 unspecified atom stereocenters. The number of halogens is 2. The van der Waals surface area contributed by atoms with Crippen LogP contribution in [0.4, 0.5) is 0 Å². The standard InChI is InChI=1S/C12H19ClN4O.HI/c1-5-14-12(15-6-8(2)13)16-7-11-9(3)17-18-10(11)4;/h2,5-7H2,1,3-4H3,(H2,14,15,16);1H. The van der Waals surface area contributed by atoms with Crippen LogP contribution in [0.3, 0.4) is 0 Å². The fourth-order valence-electron chi connectivity index (χ4n) is 1.41. The van der Waals surface area contributed by atoms with E-state index in [1.165, 1.54) is 0 Å². The lowest BCUT2D eigenvalue weighted by molar-refractivity contribution is 0.392. The first-order valence-corrected chi connectivity index (χ1v) is 6.19. The van der Waals surface area contributed by atoms with Gasteiger partial charge in [-0.1, -0.05) is 23.3 Å². The molecule has 0 radical (unpaired) electrons. The minimum atomic E-state index is 0. The molecule has 2 N–H and O–H groups in total. The minimum absolute atomic E-state index is 0. The molecule has 0 fully saturated rings. The molecule has 0 bridgehead atoms. The van der Waals surface area contributed by atoms with Gasteiger partial charge in [-0.25, -0.2) is 4.99 Å². The largest absolute Gasteiger partial charge is 0.361 e. The summed E-state index contributed by atoms with van der Waals surface area (Å²) < 4.78 is 5.09. The van der Waals surface area contributed by atoms with E-state index >= 15 is 0 Å². The summed E-state index contributed by atoms with van der Waals surface area (Å²) in [6, 6.07) is 0. The average molecular weight is 399 g/mol. The number of nitrogens with one attached hydrogen (secondary N) is 2. The first-order chi connectivity index (χ1) is 8.54. The van der Waals surface area contributed by atoms with E-state index in [4.69, 9.17) is 16.1 Å². The highest BCUT2D eigenvalue weighted by atomic mass is 127. The summed E-state index contributed by atoms with van der Waals surface area (Å²) in [7, 11) is 0. The molecule has 1 heterocycles. The van der Waals surface area contributed by atoms with Gasteiger partial charge in [-0.3, -0.25) is 0 Å². The van der Waals surface area contributed by atoms with Gasteiger partial charge in [0.05, 0.1) is 18.8 Å². The number of aryl methyl sites for hydroxylation is 2. The van der Waals surface area contributed by atoms with E-state index in [0.717, 1.165) is 23.6 Å². The lowest BCUT2D eigenvalue weighted by Crippen LogP contribution is -2.37. The number of hydrogen-bond acceptors (Lipinski definition) is 3. The molecule has 1 rings (SSSR count). The maximum atomic E-state index is 5.71. The molecule has 7 heteroatoms. The Labute approximate surface area is 135 Å². The van der Waals surface area contributed by atoms with Crippen molar-refractivity contribution in [2.24, 2.45) is 4.99 Å². The molecule has 1 aromatic rings. The van der Waals surface area contributed by atoms with E-state index in [9.17, 15) is 0 Å². The second-order valence-corrected chi connectivity index (χ2v) is 4.40. The van der Waals surface area contributed by atoms with Gasteiger partial charge in [0.2, 0.25) is 0 Å². The van der Waals surface area contributed by atoms with Crippen molar-refractivity contribution < 1.29 is 4.52 Å². The molecular weight excluding hydrogens is 379 g/mol. The average Bonchev–Trinajstić information content (AvgIpc) is 2.63. The summed E-state index contributed by atoms with van der Waals surface area (Å²) in [5, 5.41) is 10.6. The van der Waals surface area contributed by atoms with Crippen LogP contribution in [0.1, 0.15) is 23.9 Å². The van der Waals surface area contributed by atoms with Gasteiger partial charge in [0.15, 0.2) is 5.96 Å². The monoisotopic (exact) mass is 398 g/mol. The van der Waals surface area contributed by atoms with Crippen molar-refractivity contribution in [3.8, 4) is 0 Å². The Morgan fingerprint density at radius 1 is 1.42 bits per heavy atom. The molecule has 19 heavy (non-hydrogen) atoms. The Bertz CT molecular complexity index is 425. The first-order valence-electron chi connectivity index (χ1n) is 5.81. The van der Waals surface area contributed by atoms with Crippen molar-refractivity contribution in [3.05, 3.63) is 28.6 Å². The van der Waals surface area contributed by atoms with Gasteiger partial charge in [0.1, 0.15) is 5.76 Å². The van der Waals surface area contributed by atoms with Crippen LogP contribution < -0.4 is 10.6 Å². The van der Waals surface area contributed by atoms with Crippen molar-refractivity contribution in [1.29, 1.82) is 0 Å². The van der Waals surface area contributed by atoms with Crippen LogP contribution in [0.2, 0.25) is 0 Å². The van der Waals surface area contributed by atoms with Crippen molar-refractivity contribution in [3.63, 3.8) is 0 Å². The second-order valence-electron chi connectivity index (χ2n) is 3.87. The van der Waals surface area contributed by atoms with Gasteiger partial charge in [-0.15, -0.1) is 24.0 Å². The molecule has 0 amide bonds. The highest BCUT2D eigenvalue weighted by Crippen LogP contribution is 2.12. The van der Waals surface area contributed by atoms with E-state index < -0.39 is 0 Å². The summed E-state index contributed by atoms with van der Waals surface area (Å²) in [6.45, 7) is 11.2. The quantitative estimate of drug-likeness (QED) is 0.455. The van der Waals surface area contributed by atoms with Gasteiger partial charge >= 0.3 is 0 Å². The molecule has 0 aromatic carbocycles. The fraction of sp³-hybridized carbons (Fsp3) is 0.500. The Morgan fingerprint density at radius 3 is 2.58 bits per heavy atom. The van der Waals surface area contributed by atoms with E-state index in [2.05, 4.69) is 27.4 Å². The fourth-order valence-corrected chi connectivity index (χ4v) is 1.47. The Morgan fingerprint density at radius 2 is 2.11 bits per heavy atom. The number of rotatable bonds is 5. The smallest absolute Gasteiger partial charge is 0.191 e. The summed E-state index contributed by atoms with van der Waals surface area (Å²) >= 11 is 5.71. The van der Waals surface area contributed by atoms with Crippen LogP contribution in [-0.2, 0) is 6.54 Å². The van der Waals surface area contributed by atoms with Gasteiger partial charge in [0.25, 0.3) is 0 Å². The molecule has 0 aliphatic heterocycles. The summed E-state index contributed by atoms with van der Waals surface area (Å²) in [6.07, 6.45) is 0. The summed E-state index contributed by atoms with van der Waals surface area (Å²) in [4.78, 5) is 4.44. The number of guanidine groups is 1. The van der Waals surface area contributed by atoms with Crippen molar-refractivity contribution in [2.75, 3.05) is 13.1 Å². The molecule has 0 saturated carbocycles. The van der Waals surface area contributed by atoms with E-state index in [0.29, 0.717) is 24.1 Å². The van der Waals surface area contributed by atoms with Gasteiger partial charge in [0, 0.05) is 17.1 Å². The number of aromatic nitrogens is 1. The molecule has 108 valence electrons. The topological polar surface area (TPSA) is 62.5 Å². The molecule has 5 nitrogen and oxygen atoms in total. The van der Waals surface area contributed by atoms with E-state index in [1.54, 1.807) is 0 Å². The molecule has 0 atom stereocenters. The predicted molar refractivity (Wildman–Crippen MR) is 89.2 cm³/mol. The van der Waals surface area contributed by atoms with E-state index in [-0.39, 0.29) is 24.0 Å². The zero-order valence-corrected chi connectivity index (χ0v) is 14.5. The van der Waals surface area contributed by atoms with Crippen LogP contribution in [0.5, 0.6) is 0 Å². The third-order valence-electron chi connectivity index (χ3n) is 2.37. The highest BCUT2D eigenvalue weighted by molar-refractivity contribution is 14.0. The van der Waals surface area contributed by atoms with Crippen molar-refractivity contribution in [1.82, 2.24) is 15.8 Å². The maximum Gasteiger partial charge on any atom is 0.191 e. The van der Waals surface area contributed by atoms with Crippen LogP contribution in [0, 0.1) is 13.8 Å². The van der Waals surface area contributed by atoms with Crippen LogP contribution >= 0.6 is 35.6 Å². The predicted octanol–water partition coefficient (Wildman–Crippen LogP) is 2.72. The van der Waals surface area contributed by atoms with Gasteiger partial charge in [-0.05, 0) is 20.8 Å². The van der Waals surface area contributed by atoms with Crippen LogP contribution in [0.15, 0.2) is 21.1 Å². The lowest BCUT2D eigenvalue weighted by Gasteiger charge is -2.10. The molecular formula is C12H20ClIN4O. The Balaban J connectivity index is 0.00000324. The third kappa shape index (κ3) is 6.29. The number of hydrogen-bond donors (Lipinski definition) is 2. The van der Waals surface area contributed by atoms with Gasteiger partial charge < -0.3 is 15.2 Å². The SMILES string of the molecule is C=C(Cl)CNC(=NCc1c(C)noc1C)NCC.I. The number of nitrogens with zero attached hydrogens (tertiary/aromatic N) is 2. The zero-order chi connectivity index (χ0) is 13.5. The summed E-state index contributed by atoms with van der Waals surface area (Å²) in [5.74, 6) is 1.49. The normalized spacial score (nSPS) is 10.8. The van der Waals surface area contributed by atoms with Crippen molar-refractivity contribution >= 4 is 41.5 Å². The molecule has 0 aliphatic carbocycles. The second kappa shape index (κ2) is 9.19. The zero-order valence-electron chi connectivity index (χ0n) is 11.4. The Kier molecular flexibility index (Phi) is 8.82. The molecule has 0 saturated heterocycles. The van der Waals surface area contributed by atoms with Crippen LogP contribution in [-0.4, -0.2) is 24.2 Å². The molecule has 0 spiro atoms.